The SMILES string of the molecule is COC(=O)C[C@H](NC(=O)OC(C)(C)C)C(=O)Nc1ccccc1N. The van der Waals surface area contributed by atoms with Crippen LogP contribution in [-0.4, -0.2) is 36.7 Å². The normalized spacial score (nSPS) is 12.0. The number of benzene rings is 1. The lowest BCUT2D eigenvalue weighted by molar-refractivity contribution is -0.142. The highest BCUT2D eigenvalue weighted by Gasteiger charge is 2.27. The zero-order chi connectivity index (χ0) is 18.3. The highest BCUT2D eigenvalue weighted by Crippen LogP contribution is 2.17. The molecule has 8 heteroatoms. The summed E-state index contributed by atoms with van der Waals surface area (Å²) >= 11 is 0. The number of alkyl carbamates (subject to hydrolysis) is 1. The van der Waals surface area contributed by atoms with Crippen molar-refractivity contribution in [2.45, 2.75) is 38.8 Å². The number of methoxy groups -OCH3 is 1. The zero-order valence-electron chi connectivity index (χ0n) is 14.2. The predicted octanol–water partition coefficient (Wildman–Crippen LogP) is 1.66. The molecule has 24 heavy (non-hydrogen) atoms. The van der Waals surface area contributed by atoms with Crippen molar-refractivity contribution in [1.82, 2.24) is 5.32 Å². The van der Waals surface area contributed by atoms with Crippen LogP contribution >= 0.6 is 0 Å². The van der Waals surface area contributed by atoms with Crippen molar-refractivity contribution in [3.05, 3.63) is 24.3 Å². The van der Waals surface area contributed by atoms with E-state index in [1.165, 1.54) is 7.11 Å². The van der Waals surface area contributed by atoms with E-state index < -0.39 is 29.6 Å². The largest absolute Gasteiger partial charge is 0.469 e. The van der Waals surface area contributed by atoms with Crippen LogP contribution in [0.2, 0.25) is 0 Å². The standard InChI is InChI=1S/C16H23N3O5/c1-16(2,3)24-15(22)19-12(9-13(20)23-4)14(21)18-11-8-6-5-7-10(11)17/h5-8,12H,9,17H2,1-4H3,(H,18,21)(H,19,22)/t12-/m0/s1. The third-order valence-electron chi connectivity index (χ3n) is 2.82. The fraction of sp³-hybridized carbons (Fsp3) is 0.438. The van der Waals surface area contributed by atoms with E-state index in [9.17, 15) is 14.4 Å². The number of anilines is 2. The number of rotatable bonds is 5. The van der Waals surface area contributed by atoms with E-state index in [1.807, 2.05) is 0 Å². The molecule has 1 aromatic carbocycles. The summed E-state index contributed by atoms with van der Waals surface area (Å²) in [5, 5.41) is 4.93. The van der Waals surface area contributed by atoms with Crippen molar-refractivity contribution in [3.63, 3.8) is 0 Å². The first kappa shape index (κ1) is 19.3. The second-order valence-electron chi connectivity index (χ2n) is 6.06. The summed E-state index contributed by atoms with van der Waals surface area (Å²) in [4.78, 5) is 35.7. The van der Waals surface area contributed by atoms with Crippen molar-refractivity contribution in [3.8, 4) is 0 Å². The average Bonchev–Trinajstić information content (AvgIpc) is 2.46. The number of para-hydroxylation sites is 2. The topological polar surface area (TPSA) is 120 Å². The van der Waals surface area contributed by atoms with Gasteiger partial charge in [0.15, 0.2) is 0 Å². The predicted molar refractivity (Wildman–Crippen MR) is 89.3 cm³/mol. The highest BCUT2D eigenvalue weighted by atomic mass is 16.6. The number of nitrogens with one attached hydrogen (secondary N) is 2. The summed E-state index contributed by atoms with van der Waals surface area (Å²) in [5.74, 6) is -1.25. The molecule has 0 saturated carbocycles. The molecule has 0 aromatic heterocycles. The molecular formula is C16H23N3O5. The molecule has 132 valence electrons. The lowest BCUT2D eigenvalue weighted by Gasteiger charge is -2.23. The first-order chi connectivity index (χ1) is 11.1. The molecule has 0 aliphatic rings. The first-order valence-corrected chi connectivity index (χ1v) is 7.34. The van der Waals surface area contributed by atoms with Gasteiger partial charge in [-0.2, -0.15) is 0 Å². The average molecular weight is 337 g/mol. The summed E-state index contributed by atoms with van der Waals surface area (Å²) in [7, 11) is 1.19. The minimum atomic E-state index is -1.16. The van der Waals surface area contributed by atoms with Crippen molar-refractivity contribution >= 4 is 29.3 Å². The molecule has 0 radical (unpaired) electrons. The second kappa shape index (κ2) is 8.19. The van der Waals surface area contributed by atoms with Crippen LogP contribution in [0.25, 0.3) is 0 Å². The van der Waals surface area contributed by atoms with Crippen molar-refractivity contribution < 1.29 is 23.9 Å². The van der Waals surface area contributed by atoms with Gasteiger partial charge in [0.05, 0.1) is 24.9 Å². The fourth-order valence-corrected chi connectivity index (χ4v) is 1.74. The van der Waals surface area contributed by atoms with E-state index in [2.05, 4.69) is 15.4 Å². The molecule has 0 fully saturated rings. The molecule has 4 N–H and O–H groups in total. The number of nitrogen functional groups attached to an aromatic ring is 1. The van der Waals surface area contributed by atoms with E-state index in [0.717, 1.165) is 0 Å². The minimum Gasteiger partial charge on any atom is -0.469 e. The molecule has 0 aliphatic heterocycles. The Morgan fingerprint density at radius 1 is 1.21 bits per heavy atom. The number of hydrogen-bond acceptors (Lipinski definition) is 6. The highest BCUT2D eigenvalue weighted by molar-refractivity contribution is 6.00. The minimum absolute atomic E-state index is 0.339. The van der Waals surface area contributed by atoms with Gasteiger partial charge in [-0.1, -0.05) is 12.1 Å². The fourth-order valence-electron chi connectivity index (χ4n) is 1.74. The number of ether oxygens (including phenoxy) is 2. The van der Waals surface area contributed by atoms with Crippen LogP contribution in [0.1, 0.15) is 27.2 Å². The summed E-state index contributed by atoms with van der Waals surface area (Å²) < 4.78 is 9.65. The quantitative estimate of drug-likeness (QED) is 0.555. The molecule has 0 spiro atoms. The molecule has 0 heterocycles. The number of esters is 1. The first-order valence-electron chi connectivity index (χ1n) is 7.34. The smallest absolute Gasteiger partial charge is 0.408 e. The van der Waals surface area contributed by atoms with Crippen LogP contribution in [0.5, 0.6) is 0 Å². The van der Waals surface area contributed by atoms with E-state index in [0.29, 0.717) is 11.4 Å². The van der Waals surface area contributed by atoms with Gasteiger partial charge in [0.1, 0.15) is 11.6 Å². The summed E-state index contributed by atoms with van der Waals surface area (Å²) in [5.41, 5.74) is 5.77. The Kier molecular flexibility index (Phi) is 6.58. The van der Waals surface area contributed by atoms with Gasteiger partial charge in [0.25, 0.3) is 0 Å². The van der Waals surface area contributed by atoms with Crippen LogP contribution in [-0.2, 0) is 19.1 Å². The van der Waals surface area contributed by atoms with Gasteiger partial charge in [-0.3, -0.25) is 9.59 Å². The maximum absolute atomic E-state index is 12.4. The third kappa shape index (κ3) is 6.55. The van der Waals surface area contributed by atoms with Gasteiger partial charge < -0.3 is 25.8 Å². The van der Waals surface area contributed by atoms with Crippen molar-refractivity contribution in [2.24, 2.45) is 0 Å². The van der Waals surface area contributed by atoms with E-state index >= 15 is 0 Å². The van der Waals surface area contributed by atoms with Crippen LogP contribution in [0.4, 0.5) is 16.2 Å². The van der Waals surface area contributed by atoms with Gasteiger partial charge in [-0.15, -0.1) is 0 Å². The van der Waals surface area contributed by atoms with E-state index in [4.69, 9.17) is 10.5 Å². The van der Waals surface area contributed by atoms with E-state index in [1.54, 1.807) is 45.0 Å². The number of hydrogen-bond donors (Lipinski definition) is 3. The van der Waals surface area contributed by atoms with Crippen LogP contribution < -0.4 is 16.4 Å². The number of amides is 2. The van der Waals surface area contributed by atoms with Gasteiger partial charge in [-0.05, 0) is 32.9 Å². The molecule has 1 aromatic rings. The summed E-state index contributed by atoms with van der Waals surface area (Å²) in [6.45, 7) is 5.06. The van der Waals surface area contributed by atoms with Crippen molar-refractivity contribution in [1.29, 1.82) is 0 Å². The Labute approximate surface area is 140 Å². The lowest BCUT2D eigenvalue weighted by atomic mass is 10.1. The molecule has 0 aliphatic carbocycles. The lowest BCUT2D eigenvalue weighted by Crippen LogP contribution is -2.47. The Bertz CT molecular complexity index is 610. The Morgan fingerprint density at radius 2 is 1.83 bits per heavy atom. The second-order valence-corrected chi connectivity index (χ2v) is 6.06. The van der Waals surface area contributed by atoms with Gasteiger partial charge in [-0.25, -0.2) is 4.79 Å². The monoisotopic (exact) mass is 337 g/mol. The zero-order valence-corrected chi connectivity index (χ0v) is 14.2. The van der Waals surface area contributed by atoms with Gasteiger partial charge in [0, 0.05) is 0 Å². The summed E-state index contributed by atoms with van der Waals surface area (Å²) in [6, 6.07) is 5.48. The Hall–Kier alpha value is -2.77. The van der Waals surface area contributed by atoms with Gasteiger partial charge >= 0.3 is 12.1 Å². The van der Waals surface area contributed by atoms with Crippen LogP contribution in [0, 0.1) is 0 Å². The molecule has 0 unspecified atom stereocenters. The maximum Gasteiger partial charge on any atom is 0.408 e. The molecule has 1 rings (SSSR count). The van der Waals surface area contributed by atoms with Crippen LogP contribution in [0.15, 0.2) is 24.3 Å². The molecule has 0 saturated heterocycles. The molecule has 1 atom stereocenters. The van der Waals surface area contributed by atoms with Gasteiger partial charge in [0.2, 0.25) is 5.91 Å². The molecular weight excluding hydrogens is 314 g/mol. The number of carbonyl (C=O) groups excluding carboxylic acids is 3. The Balaban J connectivity index is 2.84. The third-order valence-corrected chi connectivity index (χ3v) is 2.82. The maximum atomic E-state index is 12.4. The molecule has 0 bridgehead atoms. The van der Waals surface area contributed by atoms with E-state index in [-0.39, 0.29) is 6.42 Å². The molecule has 2 amide bonds. The number of carbonyl (C=O) groups is 3. The molecule has 8 nitrogen and oxygen atoms in total. The summed E-state index contributed by atoms with van der Waals surface area (Å²) in [6.07, 6.45) is -1.15. The number of nitrogens with two attached hydrogens (primary N) is 1. The van der Waals surface area contributed by atoms with Crippen LogP contribution in [0.3, 0.4) is 0 Å². The Morgan fingerprint density at radius 3 is 2.38 bits per heavy atom. The van der Waals surface area contributed by atoms with Crippen molar-refractivity contribution in [2.75, 3.05) is 18.2 Å².